The molecule has 0 saturated carbocycles. The van der Waals surface area contributed by atoms with Gasteiger partial charge in [0, 0.05) is 58.2 Å². The first kappa shape index (κ1) is 20.1. The molecule has 2 amide bonds. The molecule has 1 aromatic rings. The van der Waals surface area contributed by atoms with Crippen LogP contribution in [0.15, 0.2) is 18.2 Å². The normalized spacial score (nSPS) is 18.8. The number of hydrogen-bond acceptors (Lipinski definition) is 6. The molecule has 11 heteroatoms. The van der Waals surface area contributed by atoms with Crippen LogP contribution < -0.4 is 4.90 Å². The molecule has 0 atom stereocenters. The van der Waals surface area contributed by atoms with Crippen molar-refractivity contribution in [1.29, 1.82) is 0 Å². The first-order valence-corrected chi connectivity index (χ1v) is 8.83. The van der Waals surface area contributed by atoms with Crippen molar-refractivity contribution in [2.75, 3.05) is 44.2 Å². The number of anilines is 1. The average molecular weight is 400 g/mol. The highest BCUT2D eigenvalue weighted by Crippen LogP contribution is 2.36. The molecule has 152 valence electrons. The number of hydrogen-bond donors (Lipinski definition) is 0. The molecule has 0 bridgehead atoms. The second-order valence-electron chi connectivity index (χ2n) is 6.73. The van der Waals surface area contributed by atoms with Gasteiger partial charge in [-0.15, -0.1) is 0 Å². The summed E-state index contributed by atoms with van der Waals surface area (Å²) in [6, 6.07) is 2.55. The van der Waals surface area contributed by atoms with E-state index in [1.807, 2.05) is 4.90 Å². The zero-order valence-electron chi connectivity index (χ0n) is 14.9. The third-order valence-corrected chi connectivity index (χ3v) is 5.01. The number of benzene rings is 1. The van der Waals surface area contributed by atoms with E-state index in [9.17, 15) is 32.9 Å². The van der Waals surface area contributed by atoms with Crippen LogP contribution in [0.5, 0.6) is 0 Å². The number of nitrogens with zero attached hydrogens (tertiary/aromatic N) is 4. The Morgan fingerprint density at radius 3 is 2.14 bits per heavy atom. The second-order valence-corrected chi connectivity index (χ2v) is 6.73. The summed E-state index contributed by atoms with van der Waals surface area (Å²) in [7, 11) is 0. The van der Waals surface area contributed by atoms with E-state index in [4.69, 9.17) is 0 Å². The topological polar surface area (TPSA) is 87.0 Å². The minimum atomic E-state index is -4.65. The average Bonchev–Trinajstić information content (AvgIpc) is 2.97. The molecule has 2 aliphatic heterocycles. The van der Waals surface area contributed by atoms with E-state index in [0.717, 1.165) is 12.1 Å². The van der Waals surface area contributed by atoms with Crippen LogP contribution in [0.2, 0.25) is 0 Å². The molecule has 0 radical (unpaired) electrons. The summed E-state index contributed by atoms with van der Waals surface area (Å²) in [5, 5.41) is 11.3. The van der Waals surface area contributed by atoms with Crippen molar-refractivity contribution < 1.29 is 27.7 Å². The SMILES string of the molecule is O=C1CCC(=O)N1CCN1CCN(c2ccc(C(F)(F)F)cc2[N+](=O)[O-])CC1. The number of alkyl halides is 3. The Balaban J connectivity index is 1.62. The Bertz CT molecular complexity index is 775. The van der Waals surface area contributed by atoms with Crippen molar-refractivity contribution in [2.45, 2.75) is 19.0 Å². The lowest BCUT2D eigenvalue weighted by atomic mass is 10.1. The highest BCUT2D eigenvalue weighted by molar-refractivity contribution is 6.01. The third-order valence-electron chi connectivity index (χ3n) is 5.01. The molecule has 1 aromatic carbocycles. The van der Waals surface area contributed by atoms with E-state index >= 15 is 0 Å². The summed E-state index contributed by atoms with van der Waals surface area (Å²) in [6.07, 6.45) is -4.17. The molecular weight excluding hydrogens is 381 g/mol. The fourth-order valence-corrected chi connectivity index (χ4v) is 3.44. The van der Waals surface area contributed by atoms with Crippen molar-refractivity contribution in [3.05, 3.63) is 33.9 Å². The van der Waals surface area contributed by atoms with Crippen molar-refractivity contribution in [1.82, 2.24) is 9.80 Å². The minimum absolute atomic E-state index is 0.155. The second kappa shape index (κ2) is 7.74. The molecule has 8 nitrogen and oxygen atoms in total. The Kier molecular flexibility index (Phi) is 5.54. The van der Waals surface area contributed by atoms with Gasteiger partial charge in [0.05, 0.1) is 10.5 Å². The fourth-order valence-electron chi connectivity index (χ4n) is 3.44. The monoisotopic (exact) mass is 400 g/mol. The molecule has 2 fully saturated rings. The maximum absolute atomic E-state index is 12.8. The smallest absolute Gasteiger partial charge is 0.363 e. The maximum Gasteiger partial charge on any atom is 0.416 e. The van der Waals surface area contributed by atoms with Gasteiger partial charge in [0.25, 0.3) is 5.69 Å². The highest BCUT2D eigenvalue weighted by Gasteiger charge is 2.34. The van der Waals surface area contributed by atoms with Gasteiger partial charge in [-0.3, -0.25) is 29.5 Å². The summed E-state index contributed by atoms with van der Waals surface area (Å²) in [5.41, 5.74) is -1.47. The predicted octanol–water partition coefficient (Wildman–Crippen LogP) is 1.88. The molecular formula is C17H19F3N4O4. The number of piperazine rings is 1. The van der Waals surface area contributed by atoms with Gasteiger partial charge in [-0.05, 0) is 12.1 Å². The van der Waals surface area contributed by atoms with E-state index in [1.54, 1.807) is 4.90 Å². The lowest BCUT2D eigenvalue weighted by Crippen LogP contribution is -2.49. The van der Waals surface area contributed by atoms with Crippen molar-refractivity contribution in [3.63, 3.8) is 0 Å². The number of nitro groups is 1. The van der Waals surface area contributed by atoms with E-state index in [-0.39, 0.29) is 30.3 Å². The van der Waals surface area contributed by atoms with Crippen molar-refractivity contribution >= 4 is 23.2 Å². The van der Waals surface area contributed by atoms with Gasteiger partial charge >= 0.3 is 6.18 Å². The predicted molar refractivity (Wildman–Crippen MR) is 92.7 cm³/mol. The molecule has 2 heterocycles. The number of imide groups is 1. The third kappa shape index (κ3) is 4.24. The largest absolute Gasteiger partial charge is 0.416 e. The molecule has 0 N–H and O–H groups in total. The van der Waals surface area contributed by atoms with Gasteiger partial charge in [-0.2, -0.15) is 13.2 Å². The van der Waals surface area contributed by atoms with Gasteiger partial charge in [0.1, 0.15) is 5.69 Å². The quantitative estimate of drug-likeness (QED) is 0.426. The summed E-state index contributed by atoms with van der Waals surface area (Å²) >= 11 is 0. The molecule has 0 aliphatic carbocycles. The first-order chi connectivity index (χ1) is 13.2. The van der Waals surface area contributed by atoms with E-state index in [2.05, 4.69) is 0 Å². The Labute approximate surface area is 158 Å². The lowest BCUT2D eigenvalue weighted by molar-refractivity contribution is -0.384. The zero-order valence-corrected chi connectivity index (χ0v) is 14.9. The van der Waals surface area contributed by atoms with Crippen LogP contribution in [0.4, 0.5) is 24.5 Å². The first-order valence-electron chi connectivity index (χ1n) is 8.83. The number of nitro benzene ring substituents is 1. The summed E-state index contributed by atoms with van der Waals surface area (Å²) in [5.74, 6) is -0.354. The molecule has 0 aromatic heterocycles. The number of amides is 2. The molecule has 3 rings (SSSR count). The van der Waals surface area contributed by atoms with Gasteiger partial charge in [-0.25, -0.2) is 0 Å². The molecule has 2 saturated heterocycles. The van der Waals surface area contributed by atoms with Crippen LogP contribution in [-0.2, 0) is 15.8 Å². The Morgan fingerprint density at radius 2 is 1.61 bits per heavy atom. The summed E-state index contributed by atoms with van der Waals surface area (Å²) in [6.45, 7) is 2.64. The van der Waals surface area contributed by atoms with Gasteiger partial charge < -0.3 is 4.90 Å². The van der Waals surface area contributed by atoms with Gasteiger partial charge in [-0.1, -0.05) is 0 Å². The molecule has 0 spiro atoms. The Morgan fingerprint density at radius 1 is 1.00 bits per heavy atom. The van der Waals surface area contributed by atoms with Crippen LogP contribution >= 0.6 is 0 Å². The lowest BCUT2D eigenvalue weighted by Gasteiger charge is -2.36. The molecule has 2 aliphatic rings. The standard InChI is InChI=1S/C17H19F3N4O4/c18-17(19,20)12-1-2-13(14(11-12)24(27)28)22-8-5-21(6-9-22)7-10-23-15(25)3-4-16(23)26/h1-2,11H,3-10H2. The van der Waals surface area contributed by atoms with Gasteiger partial charge in [0.15, 0.2) is 0 Å². The van der Waals surface area contributed by atoms with Crippen LogP contribution in [0.1, 0.15) is 18.4 Å². The van der Waals surface area contributed by atoms with Gasteiger partial charge in [0.2, 0.25) is 11.8 Å². The summed E-state index contributed by atoms with van der Waals surface area (Å²) < 4.78 is 38.5. The number of likely N-dealkylation sites (tertiary alicyclic amines) is 1. The summed E-state index contributed by atoms with van der Waals surface area (Å²) in [4.78, 5) is 38.6. The number of carbonyl (C=O) groups is 2. The number of halogens is 3. The van der Waals surface area contributed by atoms with Crippen molar-refractivity contribution in [3.8, 4) is 0 Å². The van der Waals surface area contributed by atoms with E-state index in [0.29, 0.717) is 45.3 Å². The highest BCUT2D eigenvalue weighted by atomic mass is 19.4. The van der Waals surface area contributed by atoms with Crippen LogP contribution in [0.25, 0.3) is 0 Å². The number of carbonyl (C=O) groups excluding carboxylic acids is 2. The number of rotatable bonds is 5. The van der Waals surface area contributed by atoms with E-state index in [1.165, 1.54) is 4.90 Å². The fraction of sp³-hybridized carbons (Fsp3) is 0.529. The van der Waals surface area contributed by atoms with Crippen LogP contribution in [-0.4, -0.2) is 65.8 Å². The van der Waals surface area contributed by atoms with Crippen LogP contribution in [0.3, 0.4) is 0 Å². The zero-order chi connectivity index (χ0) is 20.5. The minimum Gasteiger partial charge on any atom is -0.363 e. The molecule has 28 heavy (non-hydrogen) atoms. The van der Waals surface area contributed by atoms with Crippen molar-refractivity contribution in [2.24, 2.45) is 0 Å². The maximum atomic E-state index is 12.8. The Hall–Kier alpha value is -2.69. The van der Waals surface area contributed by atoms with Crippen LogP contribution in [0, 0.1) is 10.1 Å². The van der Waals surface area contributed by atoms with E-state index < -0.39 is 22.4 Å². The molecule has 0 unspecified atom stereocenters.